The second kappa shape index (κ2) is 5.86. The van der Waals surface area contributed by atoms with E-state index >= 15 is 0 Å². The van der Waals surface area contributed by atoms with Crippen molar-refractivity contribution in [2.45, 2.75) is 40.2 Å². The van der Waals surface area contributed by atoms with E-state index in [-0.39, 0.29) is 12.1 Å². The van der Waals surface area contributed by atoms with Crippen LogP contribution in [0.1, 0.15) is 34.1 Å². The van der Waals surface area contributed by atoms with Gasteiger partial charge in [0, 0.05) is 19.1 Å². The van der Waals surface area contributed by atoms with E-state index in [0.717, 1.165) is 19.5 Å². The molecule has 2 amide bonds. The summed E-state index contributed by atoms with van der Waals surface area (Å²) in [5, 5.41) is 2.92. The Hall–Kier alpha value is -0.730. The molecule has 0 rings (SSSR count). The lowest BCUT2D eigenvalue weighted by molar-refractivity contribution is 0.199. The lowest BCUT2D eigenvalue weighted by atomic mass is 10.3. The molecule has 0 spiro atoms. The van der Waals surface area contributed by atoms with Crippen molar-refractivity contribution in [3.05, 3.63) is 0 Å². The zero-order valence-electron chi connectivity index (χ0n) is 8.55. The average Bonchev–Trinajstić information content (AvgIpc) is 2.06. The maximum Gasteiger partial charge on any atom is 0.317 e. The highest BCUT2D eigenvalue weighted by molar-refractivity contribution is 5.74. The van der Waals surface area contributed by atoms with Crippen molar-refractivity contribution in [3.63, 3.8) is 0 Å². The van der Waals surface area contributed by atoms with Gasteiger partial charge >= 0.3 is 6.03 Å². The Morgan fingerprint density at radius 2 is 1.83 bits per heavy atom. The van der Waals surface area contributed by atoms with Crippen LogP contribution in [0, 0.1) is 0 Å². The van der Waals surface area contributed by atoms with Gasteiger partial charge in [-0.05, 0) is 27.2 Å². The molecule has 1 atom stereocenters. The highest BCUT2D eigenvalue weighted by Gasteiger charge is 2.10. The molecule has 0 aliphatic rings. The monoisotopic (exact) mass is 172 g/mol. The standard InChI is InChI=1S/C9H20N2O/c1-5-8(4)10-9(12)11(6-2)7-3/h8H,5-7H2,1-4H3,(H,10,12). The van der Waals surface area contributed by atoms with Crippen LogP contribution in [0.25, 0.3) is 0 Å². The van der Waals surface area contributed by atoms with Crippen LogP contribution < -0.4 is 5.32 Å². The third kappa shape index (κ3) is 3.60. The highest BCUT2D eigenvalue weighted by atomic mass is 16.2. The number of nitrogens with one attached hydrogen (secondary N) is 1. The van der Waals surface area contributed by atoms with Crippen molar-refractivity contribution >= 4 is 6.03 Å². The van der Waals surface area contributed by atoms with E-state index in [2.05, 4.69) is 12.2 Å². The second-order valence-corrected chi connectivity index (χ2v) is 2.93. The molecule has 0 aromatic heterocycles. The molecule has 0 aliphatic carbocycles. The van der Waals surface area contributed by atoms with E-state index < -0.39 is 0 Å². The molecular weight excluding hydrogens is 152 g/mol. The molecule has 3 heteroatoms. The molecule has 0 aliphatic heterocycles. The van der Waals surface area contributed by atoms with Crippen molar-refractivity contribution in [2.24, 2.45) is 0 Å². The topological polar surface area (TPSA) is 32.3 Å². The normalized spacial score (nSPS) is 12.3. The van der Waals surface area contributed by atoms with E-state index in [0.29, 0.717) is 0 Å². The fourth-order valence-corrected chi connectivity index (χ4v) is 0.915. The van der Waals surface area contributed by atoms with E-state index in [9.17, 15) is 4.79 Å². The van der Waals surface area contributed by atoms with Crippen LogP contribution in [-0.2, 0) is 0 Å². The first-order valence-corrected chi connectivity index (χ1v) is 4.71. The molecule has 1 N–H and O–H groups in total. The molecule has 12 heavy (non-hydrogen) atoms. The number of rotatable bonds is 4. The maximum atomic E-state index is 11.4. The molecule has 0 saturated carbocycles. The zero-order chi connectivity index (χ0) is 9.56. The van der Waals surface area contributed by atoms with Crippen LogP contribution in [0.4, 0.5) is 4.79 Å². The first kappa shape index (κ1) is 11.3. The summed E-state index contributed by atoms with van der Waals surface area (Å²) in [5.41, 5.74) is 0. The van der Waals surface area contributed by atoms with Crippen LogP contribution in [-0.4, -0.2) is 30.1 Å². The number of urea groups is 1. The van der Waals surface area contributed by atoms with Gasteiger partial charge in [-0.15, -0.1) is 0 Å². The first-order chi connectivity index (χ1) is 5.65. The Kier molecular flexibility index (Phi) is 5.51. The maximum absolute atomic E-state index is 11.4. The van der Waals surface area contributed by atoms with Gasteiger partial charge in [0.15, 0.2) is 0 Å². The minimum absolute atomic E-state index is 0.0503. The van der Waals surface area contributed by atoms with Crippen LogP contribution in [0.3, 0.4) is 0 Å². The SMILES string of the molecule is CCC(C)NC(=O)N(CC)CC. The number of hydrogen-bond donors (Lipinski definition) is 1. The molecule has 0 bridgehead atoms. The number of amides is 2. The smallest absolute Gasteiger partial charge is 0.317 e. The first-order valence-electron chi connectivity index (χ1n) is 4.71. The number of carbonyl (C=O) groups excluding carboxylic acids is 1. The Labute approximate surface area is 75.1 Å². The molecule has 3 nitrogen and oxygen atoms in total. The summed E-state index contributed by atoms with van der Waals surface area (Å²) < 4.78 is 0. The van der Waals surface area contributed by atoms with Crippen molar-refractivity contribution in [1.82, 2.24) is 10.2 Å². The van der Waals surface area contributed by atoms with Crippen LogP contribution in [0.2, 0.25) is 0 Å². The molecule has 0 aromatic carbocycles. The summed E-state index contributed by atoms with van der Waals surface area (Å²) in [4.78, 5) is 13.2. The summed E-state index contributed by atoms with van der Waals surface area (Å²) in [5.74, 6) is 0. The van der Waals surface area contributed by atoms with Gasteiger partial charge in [-0.25, -0.2) is 4.79 Å². The largest absolute Gasteiger partial charge is 0.336 e. The zero-order valence-corrected chi connectivity index (χ0v) is 8.55. The summed E-state index contributed by atoms with van der Waals surface area (Å²) in [6.45, 7) is 9.60. The molecule has 0 radical (unpaired) electrons. The lowest BCUT2D eigenvalue weighted by Crippen LogP contribution is -2.43. The van der Waals surface area contributed by atoms with Crippen LogP contribution in [0.5, 0.6) is 0 Å². The third-order valence-corrected chi connectivity index (χ3v) is 2.03. The molecule has 0 saturated heterocycles. The minimum atomic E-state index is 0.0503. The van der Waals surface area contributed by atoms with Gasteiger partial charge in [-0.3, -0.25) is 0 Å². The fourth-order valence-electron chi connectivity index (χ4n) is 0.915. The number of carbonyl (C=O) groups is 1. The Morgan fingerprint density at radius 1 is 1.33 bits per heavy atom. The summed E-state index contributed by atoms with van der Waals surface area (Å²) in [6, 6.07) is 0.326. The predicted octanol–water partition coefficient (Wildman–Crippen LogP) is 1.84. The third-order valence-electron chi connectivity index (χ3n) is 2.03. The van der Waals surface area contributed by atoms with E-state index in [1.54, 1.807) is 4.90 Å². The Bertz CT molecular complexity index is 132. The van der Waals surface area contributed by atoms with E-state index in [1.807, 2.05) is 20.8 Å². The van der Waals surface area contributed by atoms with Gasteiger partial charge in [0.2, 0.25) is 0 Å². The van der Waals surface area contributed by atoms with Crippen LogP contribution >= 0.6 is 0 Å². The molecule has 0 heterocycles. The van der Waals surface area contributed by atoms with Gasteiger partial charge in [0.05, 0.1) is 0 Å². The van der Waals surface area contributed by atoms with Crippen molar-refractivity contribution in [3.8, 4) is 0 Å². The quantitative estimate of drug-likeness (QED) is 0.689. The molecule has 0 fully saturated rings. The molecule has 1 unspecified atom stereocenters. The van der Waals surface area contributed by atoms with E-state index in [1.165, 1.54) is 0 Å². The highest BCUT2D eigenvalue weighted by Crippen LogP contribution is 1.92. The minimum Gasteiger partial charge on any atom is -0.336 e. The summed E-state index contributed by atoms with van der Waals surface area (Å²) >= 11 is 0. The summed E-state index contributed by atoms with van der Waals surface area (Å²) in [6.07, 6.45) is 0.979. The molecule has 72 valence electrons. The number of nitrogens with zero attached hydrogens (tertiary/aromatic N) is 1. The summed E-state index contributed by atoms with van der Waals surface area (Å²) in [7, 11) is 0. The average molecular weight is 172 g/mol. The fraction of sp³-hybridized carbons (Fsp3) is 0.889. The van der Waals surface area contributed by atoms with Crippen molar-refractivity contribution < 1.29 is 4.79 Å². The van der Waals surface area contributed by atoms with E-state index in [4.69, 9.17) is 0 Å². The molecule has 0 aromatic rings. The number of hydrogen-bond acceptors (Lipinski definition) is 1. The van der Waals surface area contributed by atoms with Crippen molar-refractivity contribution in [2.75, 3.05) is 13.1 Å². The molecular formula is C9H20N2O. The van der Waals surface area contributed by atoms with Gasteiger partial charge in [-0.1, -0.05) is 6.92 Å². The van der Waals surface area contributed by atoms with Crippen molar-refractivity contribution in [1.29, 1.82) is 0 Å². The second-order valence-electron chi connectivity index (χ2n) is 2.93. The Morgan fingerprint density at radius 3 is 2.17 bits per heavy atom. The van der Waals surface area contributed by atoms with Crippen LogP contribution in [0.15, 0.2) is 0 Å². The van der Waals surface area contributed by atoms with Gasteiger partial charge in [0.25, 0.3) is 0 Å². The van der Waals surface area contributed by atoms with Gasteiger partial charge in [-0.2, -0.15) is 0 Å². The van der Waals surface area contributed by atoms with Gasteiger partial charge < -0.3 is 10.2 Å². The lowest BCUT2D eigenvalue weighted by Gasteiger charge is -2.21. The van der Waals surface area contributed by atoms with Gasteiger partial charge in [0.1, 0.15) is 0 Å². The Balaban J connectivity index is 3.84. The predicted molar refractivity (Wildman–Crippen MR) is 51.2 cm³/mol.